The van der Waals surface area contributed by atoms with E-state index < -0.39 is 23.1 Å². The van der Waals surface area contributed by atoms with Gasteiger partial charge in [-0.2, -0.15) is 4.91 Å². The van der Waals surface area contributed by atoms with Crippen molar-refractivity contribution in [3.63, 3.8) is 0 Å². The van der Waals surface area contributed by atoms with E-state index in [0.717, 1.165) is 6.07 Å². The van der Waals surface area contributed by atoms with Crippen molar-refractivity contribution < 1.29 is 18.3 Å². The molecule has 11 heteroatoms. The third kappa shape index (κ3) is 5.03. The molecule has 0 saturated carbocycles. The van der Waals surface area contributed by atoms with Crippen molar-refractivity contribution in [3.05, 3.63) is 111 Å². The lowest BCUT2D eigenvalue weighted by molar-refractivity contribution is 0.102. The topological polar surface area (TPSA) is 129 Å². The minimum atomic E-state index is -0.819. The molecule has 0 aliphatic rings. The van der Waals surface area contributed by atoms with Gasteiger partial charge in [-0.3, -0.25) is 14.2 Å². The van der Waals surface area contributed by atoms with Crippen LogP contribution < -0.4 is 21.3 Å². The maximum atomic E-state index is 14.7. The number of benzene rings is 2. The number of carbonyl (C=O) groups excluding carboxylic acids is 1. The molecule has 0 spiro atoms. The predicted molar refractivity (Wildman–Crippen MR) is 125 cm³/mol. The van der Waals surface area contributed by atoms with Crippen molar-refractivity contribution in [1.82, 2.24) is 9.55 Å². The number of nitrogens with zero attached hydrogens (tertiary/aromatic N) is 3. The number of carbonyl (C=O) groups is 1. The van der Waals surface area contributed by atoms with E-state index in [-0.39, 0.29) is 40.7 Å². The van der Waals surface area contributed by atoms with Crippen LogP contribution in [-0.2, 0) is 6.54 Å². The van der Waals surface area contributed by atoms with Gasteiger partial charge in [-0.05, 0) is 54.6 Å². The van der Waals surface area contributed by atoms with Gasteiger partial charge in [0.15, 0.2) is 11.6 Å². The van der Waals surface area contributed by atoms with Crippen LogP contribution in [0.15, 0.2) is 83.0 Å². The summed E-state index contributed by atoms with van der Waals surface area (Å²) < 4.78 is 34.6. The molecule has 0 radical (unpaired) electrons. The number of amides is 1. The highest BCUT2D eigenvalue weighted by Gasteiger charge is 2.16. The molecule has 4 rings (SSSR count). The summed E-state index contributed by atoms with van der Waals surface area (Å²) in [5.41, 5.74) is 5.54. The molecule has 3 N–H and O–H groups in total. The second kappa shape index (κ2) is 9.91. The summed E-state index contributed by atoms with van der Waals surface area (Å²) in [5, 5.41) is 5.23. The lowest BCUT2D eigenvalue weighted by Gasteiger charge is -2.12. The third-order valence-electron chi connectivity index (χ3n) is 4.98. The Labute approximate surface area is 196 Å². The molecular weight excluding hydrogens is 460 g/mol. The minimum Gasteiger partial charge on any atom is -0.454 e. The smallest absolute Gasteiger partial charge is 0.267 e. The second-order valence-corrected chi connectivity index (χ2v) is 7.23. The van der Waals surface area contributed by atoms with Gasteiger partial charge in [0, 0.05) is 29.8 Å². The normalized spacial score (nSPS) is 10.6. The maximum Gasteiger partial charge on any atom is 0.267 e. The number of hydrogen-bond acceptors (Lipinski definition) is 7. The maximum absolute atomic E-state index is 14.7. The Bertz CT molecular complexity index is 1470. The molecule has 2 aromatic carbocycles. The Balaban J connectivity index is 1.55. The van der Waals surface area contributed by atoms with Gasteiger partial charge in [-0.1, -0.05) is 5.18 Å². The molecule has 0 saturated heterocycles. The van der Waals surface area contributed by atoms with Crippen molar-refractivity contribution in [3.8, 4) is 17.2 Å². The number of aromatic nitrogens is 2. The molecular formula is C24H17F2N5O4. The Kier molecular flexibility index (Phi) is 6.58. The number of pyridine rings is 2. The molecule has 0 bridgehead atoms. The fourth-order valence-electron chi connectivity index (χ4n) is 3.26. The van der Waals surface area contributed by atoms with Crippen LogP contribution >= 0.6 is 0 Å². The van der Waals surface area contributed by atoms with Crippen molar-refractivity contribution in [2.45, 2.75) is 6.54 Å². The minimum absolute atomic E-state index is 0.0283. The number of nitrogen functional groups attached to an aromatic ring is 1. The molecule has 176 valence electrons. The summed E-state index contributed by atoms with van der Waals surface area (Å²) in [4.78, 5) is 40.0. The fraction of sp³-hybridized carbons (Fsp3) is 0.0417. The van der Waals surface area contributed by atoms with Gasteiger partial charge in [0.1, 0.15) is 29.5 Å². The lowest BCUT2D eigenvalue weighted by Crippen LogP contribution is -2.27. The first-order valence-corrected chi connectivity index (χ1v) is 10.2. The number of nitrogens with two attached hydrogens (primary N) is 1. The van der Waals surface area contributed by atoms with E-state index in [9.17, 15) is 23.3 Å². The van der Waals surface area contributed by atoms with Crippen molar-refractivity contribution in [2.24, 2.45) is 5.18 Å². The molecule has 2 heterocycles. The summed E-state index contributed by atoms with van der Waals surface area (Å²) in [6.07, 6.45) is 2.78. The monoisotopic (exact) mass is 477 g/mol. The number of nitroso groups, excluding NO2 is 1. The zero-order chi connectivity index (χ0) is 24.9. The first-order chi connectivity index (χ1) is 16.9. The van der Waals surface area contributed by atoms with E-state index >= 15 is 0 Å². The molecule has 35 heavy (non-hydrogen) atoms. The second-order valence-electron chi connectivity index (χ2n) is 7.23. The SMILES string of the molecule is Nc1nccc(Oc2ccc(NC(=O)c3cccn(-c4ccc(F)cc4)c3=O)cc2F)c1CN=O. The number of ether oxygens (including phenoxy) is 1. The van der Waals surface area contributed by atoms with E-state index in [4.69, 9.17) is 10.5 Å². The van der Waals surface area contributed by atoms with Crippen LogP contribution in [0.3, 0.4) is 0 Å². The van der Waals surface area contributed by atoms with Gasteiger partial charge in [-0.15, -0.1) is 0 Å². The Morgan fingerprint density at radius 1 is 1.09 bits per heavy atom. The zero-order valence-electron chi connectivity index (χ0n) is 17.9. The first kappa shape index (κ1) is 23.2. The fourth-order valence-corrected chi connectivity index (χ4v) is 3.26. The van der Waals surface area contributed by atoms with Crippen LogP contribution in [0.5, 0.6) is 11.5 Å². The van der Waals surface area contributed by atoms with Crippen LogP contribution in [0.2, 0.25) is 0 Å². The van der Waals surface area contributed by atoms with Gasteiger partial charge in [0.05, 0.1) is 5.56 Å². The van der Waals surface area contributed by atoms with E-state index in [1.54, 1.807) is 0 Å². The quantitative estimate of drug-likeness (QED) is 0.380. The number of hydrogen-bond donors (Lipinski definition) is 2. The van der Waals surface area contributed by atoms with E-state index in [0.29, 0.717) is 5.69 Å². The highest BCUT2D eigenvalue weighted by atomic mass is 19.1. The molecule has 2 aromatic heterocycles. The lowest BCUT2D eigenvalue weighted by atomic mass is 10.2. The van der Waals surface area contributed by atoms with Crippen LogP contribution in [0.25, 0.3) is 5.69 Å². The average Bonchev–Trinajstić information content (AvgIpc) is 2.84. The number of nitrogens with one attached hydrogen (secondary N) is 1. The molecule has 4 aromatic rings. The summed E-state index contributed by atoms with van der Waals surface area (Å²) in [5.74, 6) is -2.10. The van der Waals surface area contributed by atoms with Gasteiger partial charge < -0.3 is 15.8 Å². The molecule has 1 amide bonds. The third-order valence-corrected chi connectivity index (χ3v) is 4.98. The van der Waals surface area contributed by atoms with E-state index in [1.165, 1.54) is 71.6 Å². The van der Waals surface area contributed by atoms with Gasteiger partial charge >= 0.3 is 0 Å². The molecule has 0 fully saturated rings. The van der Waals surface area contributed by atoms with Crippen LogP contribution in [-0.4, -0.2) is 15.5 Å². The Morgan fingerprint density at radius 3 is 2.57 bits per heavy atom. The molecule has 0 aliphatic heterocycles. The summed E-state index contributed by atoms with van der Waals surface area (Å²) in [6, 6.07) is 13.1. The molecule has 0 aliphatic carbocycles. The van der Waals surface area contributed by atoms with E-state index in [2.05, 4.69) is 15.5 Å². The summed E-state index contributed by atoms with van der Waals surface area (Å²) in [7, 11) is 0. The summed E-state index contributed by atoms with van der Waals surface area (Å²) >= 11 is 0. The van der Waals surface area contributed by atoms with Gasteiger partial charge in [0.2, 0.25) is 0 Å². The first-order valence-electron chi connectivity index (χ1n) is 10.2. The molecule has 0 atom stereocenters. The van der Waals surface area contributed by atoms with Gasteiger partial charge in [0.25, 0.3) is 11.5 Å². The molecule has 0 unspecified atom stereocenters. The highest BCUT2D eigenvalue weighted by molar-refractivity contribution is 6.04. The summed E-state index contributed by atoms with van der Waals surface area (Å²) in [6.45, 7) is -0.308. The van der Waals surface area contributed by atoms with Crippen LogP contribution in [0.1, 0.15) is 15.9 Å². The van der Waals surface area contributed by atoms with Gasteiger partial charge in [-0.25, -0.2) is 13.8 Å². The standard InChI is InChI=1S/C24H17F2N5O4/c25-14-3-6-16(7-4-14)31-11-1-2-17(24(31)33)23(32)30-15-5-8-21(19(26)12-15)35-20-9-10-28-22(27)18(20)13-29-34/h1-12H,13H2,(H2,27,28)(H,30,32). The number of halogens is 2. The van der Waals surface area contributed by atoms with Crippen molar-refractivity contribution in [2.75, 3.05) is 11.1 Å². The molecule has 9 nitrogen and oxygen atoms in total. The average molecular weight is 477 g/mol. The Morgan fingerprint density at radius 2 is 1.86 bits per heavy atom. The van der Waals surface area contributed by atoms with Crippen molar-refractivity contribution >= 4 is 17.4 Å². The van der Waals surface area contributed by atoms with E-state index in [1.807, 2.05) is 0 Å². The van der Waals surface area contributed by atoms with Crippen LogP contribution in [0.4, 0.5) is 20.3 Å². The van der Waals surface area contributed by atoms with Crippen LogP contribution in [0, 0.1) is 16.5 Å². The zero-order valence-corrected chi connectivity index (χ0v) is 17.9. The number of rotatable bonds is 7. The predicted octanol–water partition coefficient (Wildman–Crippen LogP) is 4.40. The largest absolute Gasteiger partial charge is 0.454 e. The Hall–Kier alpha value is -4.93. The number of anilines is 2. The highest BCUT2D eigenvalue weighted by Crippen LogP contribution is 2.31. The van der Waals surface area contributed by atoms with Crippen molar-refractivity contribution in [1.29, 1.82) is 0 Å².